The van der Waals surface area contributed by atoms with Crippen molar-refractivity contribution in [2.45, 2.75) is 51.6 Å². The van der Waals surface area contributed by atoms with Crippen LogP contribution in [-0.2, 0) is 10.9 Å². The molecule has 9 heteroatoms. The summed E-state index contributed by atoms with van der Waals surface area (Å²) in [5.41, 5.74) is 0.128. The second kappa shape index (κ2) is 11.8. The Bertz CT molecular complexity index is 1040. The summed E-state index contributed by atoms with van der Waals surface area (Å²) in [5.74, 6) is -0.962. The number of hydrogen-bond acceptors (Lipinski definition) is 6. The van der Waals surface area contributed by atoms with E-state index in [0.717, 1.165) is 49.8 Å². The third-order valence-corrected chi connectivity index (χ3v) is 5.75. The van der Waals surface area contributed by atoms with E-state index in [9.17, 15) is 18.0 Å². The van der Waals surface area contributed by atoms with E-state index in [1.54, 1.807) is 23.8 Å². The summed E-state index contributed by atoms with van der Waals surface area (Å²) in [4.78, 5) is 20.8. The molecule has 0 radical (unpaired) electrons. The molecule has 0 aliphatic rings. The van der Waals surface area contributed by atoms with E-state index in [1.165, 1.54) is 17.4 Å². The number of anilines is 2. The fraction of sp³-hybridized carbons (Fsp3) is 0.375. The predicted octanol–water partition coefficient (Wildman–Crippen LogP) is 7.48. The van der Waals surface area contributed by atoms with Crippen LogP contribution in [0.2, 0.25) is 0 Å². The first kappa shape index (κ1) is 24.7. The van der Waals surface area contributed by atoms with Crippen molar-refractivity contribution in [2.24, 2.45) is 0 Å². The molecule has 2 aromatic heterocycles. The van der Waals surface area contributed by atoms with Gasteiger partial charge >= 0.3 is 12.1 Å². The molecular formula is C24H26F3N3O2S. The topological polar surface area (TPSA) is 64.1 Å². The Labute approximate surface area is 195 Å². The first-order valence-corrected chi connectivity index (χ1v) is 11.8. The number of nitrogens with one attached hydrogen (secondary N) is 1. The van der Waals surface area contributed by atoms with Gasteiger partial charge in [0.25, 0.3) is 0 Å². The minimum Gasteiger partial charge on any atom is -0.462 e. The van der Waals surface area contributed by atoms with Gasteiger partial charge in [-0.15, -0.1) is 11.3 Å². The van der Waals surface area contributed by atoms with Gasteiger partial charge in [0.05, 0.1) is 23.4 Å². The van der Waals surface area contributed by atoms with Crippen LogP contribution < -0.4 is 5.32 Å². The number of benzene rings is 1. The Morgan fingerprint density at radius 1 is 1.12 bits per heavy atom. The molecular weight excluding hydrogens is 451 g/mol. The Morgan fingerprint density at radius 3 is 2.64 bits per heavy atom. The van der Waals surface area contributed by atoms with E-state index in [0.29, 0.717) is 17.2 Å². The molecule has 0 bridgehead atoms. The molecule has 176 valence electrons. The van der Waals surface area contributed by atoms with Gasteiger partial charge in [-0.3, -0.25) is 4.98 Å². The molecule has 33 heavy (non-hydrogen) atoms. The van der Waals surface area contributed by atoms with Crippen LogP contribution in [0.1, 0.15) is 61.4 Å². The van der Waals surface area contributed by atoms with Crippen molar-refractivity contribution in [1.29, 1.82) is 0 Å². The average Bonchev–Trinajstić information content (AvgIpc) is 3.27. The lowest BCUT2D eigenvalue weighted by Gasteiger charge is -2.14. The number of thiazole rings is 1. The van der Waals surface area contributed by atoms with Gasteiger partial charge in [0.1, 0.15) is 0 Å². The highest BCUT2D eigenvalue weighted by atomic mass is 32.1. The molecule has 0 fully saturated rings. The largest absolute Gasteiger partial charge is 0.462 e. The number of ether oxygens (including phenoxy) is 1. The molecule has 1 aromatic carbocycles. The van der Waals surface area contributed by atoms with Crippen molar-refractivity contribution >= 4 is 28.1 Å². The Balaban J connectivity index is 1.66. The fourth-order valence-corrected chi connectivity index (χ4v) is 4.00. The van der Waals surface area contributed by atoms with Crippen molar-refractivity contribution in [2.75, 3.05) is 11.9 Å². The molecule has 2 heterocycles. The summed E-state index contributed by atoms with van der Waals surface area (Å²) in [6.07, 6.45) is 4.56. The van der Waals surface area contributed by atoms with Crippen LogP contribution in [0.15, 0.2) is 48.1 Å². The van der Waals surface area contributed by atoms with E-state index in [-0.39, 0.29) is 12.3 Å². The van der Waals surface area contributed by atoms with Crippen molar-refractivity contribution < 1.29 is 22.7 Å². The lowest BCUT2D eigenvalue weighted by Crippen LogP contribution is -2.16. The molecule has 0 saturated heterocycles. The van der Waals surface area contributed by atoms with Crippen molar-refractivity contribution in [3.05, 3.63) is 59.2 Å². The van der Waals surface area contributed by atoms with E-state index in [4.69, 9.17) is 4.74 Å². The van der Waals surface area contributed by atoms with Crippen molar-refractivity contribution in [1.82, 2.24) is 9.97 Å². The summed E-state index contributed by atoms with van der Waals surface area (Å²) < 4.78 is 46.1. The number of alkyl halides is 3. The van der Waals surface area contributed by atoms with Gasteiger partial charge in [-0.05, 0) is 36.8 Å². The quantitative estimate of drug-likeness (QED) is 0.229. The monoisotopic (exact) mass is 477 g/mol. The average molecular weight is 478 g/mol. The van der Waals surface area contributed by atoms with Gasteiger partial charge in [0.15, 0.2) is 5.13 Å². The lowest BCUT2D eigenvalue weighted by atomic mass is 10.1. The predicted molar refractivity (Wildman–Crippen MR) is 124 cm³/mol. The maximum atomic E-state index is 13.7. The number of aromatic nitrogens is 2. The standard InChI is InChI=1S/C24H26F3N3O2S/c1-2-3-4-5-6-7-13-32-22(31)19-11-10-18(14-20(19)24(25,26)27)29-23-30-21(16-33-23)17-9-8-12-28-15-17/h8-12,14-16H,2-7,13H2,1H3,(H,29,30). The van der Waals surface area contributed by atoms with Gasteiger partial charge in [-0.25, -0.2) is 9.78 Å². The number of carbonyl (C=O) groups excluding carboxylic acids is 1. The minimum atomic E-state index is -4.70. The summed E-state index contributed by atoms with van der Waals surface area (Å²) in [5, 5.41) is 5.10. The third-order valence-electron chi connectivity index (χ3n) is 4.99. The second-order valence-corrected chi connectivity index (χ2v) is 8.42. The van der Waals surface area contributed by atoms with Gasteiger partial charge in [0, 0.05) is 29.0 Å². The molecule has 0 saturated carbocycles. The lowest BCUT2D eigenvalue weighted by molar-refractivity contribution is -0.138. The molecule has 3 aromatic rings. The van der Waals surface area contributed by atoms with Gasteiger partial charge in [-0.1, -0.05) is 39.0 Å². The van der Waals surface area contributed by atoms with Crippen LogP contribution in [0.4, 0.5) is 24.0 Å². The van der Waals surface area contributed by atoms with Crippen LogP contribution in [0.25, 0.3) is 11.3 Å². The summed E-state index contributed by atoms with van der Waals surface area (Å²) in [7, 11) is 0. The first-order valence-electron chi connectivity index (χ1n) is 10.9. The van der Waals surface area contributed by atoms with E-state index in [2.05, 4.69) is 22.2 Å². The zero-order valence-corrected chi connectivity index (χ0v) is 19.1. The smallest absolute Gasteiger partial charge is 0.417 e. The number of nitrogens with zero attached hydrogens (tertiary/aromatic N) is 2. The van der Waals surface area contributed by atoms with Crippen LogP contribution in [0.3, 0.4) is 0 Å². The number of pyridine rings is 1. The number of unbranched alkanes of at least 4 members (excludes halogenated alkanes) is 5. The van der Waals surface area contributed by atoms with Crippen molar-refractivity contribution in [3.8, 4) is 11.3 Å². The Hall–Kier alpha value is -2.94. The highest BCUT2D eigenvalue weighted by molar-refractivity contribution is 7.14. The normalized spacial score (nSPS) is 11.4. The highest BCUT2D eigenvalue weighted by Crippen LogP contribution is 2.35. The zero-order chi connectivity index (χ0) is 23.7. The van der Waals surface area contributed by atoms with Gasteiger partial charge in [0.2, 0.25) is 0 Å². The summed E-state index contributed by atoms with van der Waals surface area (Å²) >= 11 is 1.26. The van der Waals surface area contributed by atoms with Gasteiger partial charge < -0.3 is 10.1 Å². The molecule has 0 unspecified atom stereocenters. The number of rotatable bonds is 11. The van der Waals surface area contributed by atoms with Crippen LogP contribution >= 0.6 is 11.3 Å². The zero-order valence-electron chi connectivity index (χ0n) is 18.3. The molecule has 0 spiro atoms. The summed E-state index contributed by atoms with van der Waals surface area (Å²) in [6.45, 7) is 2.23. The fourth-order valence-electron chi connectivity index (χ4n) is 3.26. The van der Waals surface area contributed by atoms with E-state index < -0.39 is 23.3 Å². The number of esters is 1. The molecule has 0 aliphatic carbocycles. The molecule has 0 atom stereocenters. The van der Waals surface area contributed by atoms with Crippen molar-refractivity contribution in [3.63, 3.8) is 0 Å². The Morgan fingerprint density at radius 2 is 1.91 bits per heavy atom. The summed E-state index contributed by atoms with van der Waals surface area (Å²) in [6, 6.07) is 7.10. The molecule has 5 nitrogen and oxygen atoms in total. The maximum Gasteiger partial charge on any atom is 0.417 e. The van der Waals surface area contributed by atoms with Crippen LogP contribution in [-0.4, -0.2) is 22.5 Å². The molecule has 0 amide bonds. The van der Waals surface area contributed by atoms with Gasteiger partial charge in [-0.2, -0.15) is 13.2 Å². The number of hydrogen-bond donors (Lipinski definition) is 1. The maximum absolute atomic E-state index is 13.7. The van der Waals surface area contributed by atoms with E-state index in [1.807, 2.05) is 6.07 Å². The number of halogens is 3. The minimum absolute atomic E-state index is 0.110. The van der Waals surface area contributed by atoms with E-state index >= 15 is 0 Å². The first-order chi connectivity index (χ1) is 15.9. The number of carbonyl (C=O) groups is 1. The Kier molecular flexibility index (Phi) is 8.82. The SMILES string of the molecule is CCCCCCCCOC(=O)c1ccc(Nc2nc(-c3cccnc3)cs2)cc1C(F)(F)F. The molecule has 3 rings (SSSR count). The second-order valence-electron chi connectivity index (χ2n) is 7.57. The highest BCUT2D eigenvalue weighted by Gasteiger charge is 2.36. The van der Waals surface area contributed by atoms with Crippen LogP contribution in [0, 0.1) is 0 Å². The third kappa shape index (κ3) is 7.28. The molecule has 0 aliphatic heterocycles. The molecule has 1 N–H and O–H groups in total. The van der Waals surface area contributed by atoms with Crippen LogP contribution in [0.5, 0.6) is 0 Å².